The Hall–Kier alpha value is -0.860. The highest BCUT2D eigenvalue weighted by molar-refractivity contribution is 5.31. The van der Waals surface area contributed by atoms with E-state index in [-0.39, 0.29) is 0 Å². The maximum absolute atomic E-state index is 5.39. The van der Waals surface area contributed by atoms with Gasteiger partial charge in [0.15, 0.2) is 0 Å². The summed E-state index contributed by atoms with van der Waals surface area (Å²) >= 11 is 0. The zero-order valence-electron chi connectivity index (χ0n) is 12.3. The number of hydrogen-bond donors (Lipinski definition) is 1. The van der Waals surface area contributed by atoms with Gasteiger partial charge in [0, 0.05) is 19.3 Å². The van der Waals surface area contributed by atoms with Gasteiger partial charge in [-0.25, -0.2) is 0 Å². The van der Waals surface area contributed by atoms with Gasteiger partial charge in [-0.2, -0.15) is 0 Å². The fraction of sp³-hybridized carbons (Fsp3) is 0.625. The van der Waals surface area contributed by atoms with E-state index in [4.69, 9.17) is 4.74 Å². The summed E-state index contributed by atoms with van der Waals surface area (Å²) in [5, 5.41) is 3.42. The van der Waals surface area contributed by atoms with Gasteiger partial charge in [-0.3, -0.25) is 0 Å². The van der Waals surface area contributed by atoms with E-state index in [0.29, 0.717) is 6.04 Å². The largest absolute Gasteiger partial charge is 0.382 e. The van der Waals surface area contributed by atoms with Gasteiger partial charge in [0.1, 0.15) is 0 Å². The molecule has 2 nitrogen and oxygen atoms in total. The number of hydrogen-bond acceptors (Lipinski definition) is 2. The third kappa shape index (κ3) is 5.19. The maximum Gasteiger partial charge on any atom is 0.0466 e. The van der Waals surface area contributed by atoms with Gasteiger partial charge >= 0.3 is 0 Å². The number of aryl methyl sites for hydroxylation is 2. The molecule has 0 aliphatic rings. The topological polar surface area (TPSA) is 21.3 Å². The zero-order chi connectivity index (χ0) is 13.4. The van der Waals surface area contributed by atoms with Crippen LogP contribution in [-0.2, 0) is 11.2 Å². The van der Waals surface area contributed by atoms with Crippen molar-refractivity contribution in [2.45, 2.75) is 46.1 Å². The fourth-order valence-electron chi connectivity index (χ4n) is 2.21. The first-order valence-corrected chi connectivity index (χ1v) is 6.98. The zero-order valence-corrected chi connectivity index (χ0v) is 12.3. The SMILES string of the molecule is CCOCCCC(Cc1cc(C)ccc1C)NC. The van der Waals surface area contributed by atoms with Crippen LogP contribution >= 0.6 is 0 Å². The van der Waals surface area contributed by atoms with E-state index >= 15 is 0 Å². The molecule has 0 radical (unpaired) electrons. The molecule has 0 aliphatic heterocycles. The van der Waals surface area contributed by atoms with Gasteiger partial charge in [0.2, 0.25) is 0 Å². The van der Waals surface area contributed by atoms with Crippen molar-refractivity contribution in [2.75, 3.05) is 20.3 Å². The fourth-order valence-corrected chi connectivity index (χ4v) is 2.21. The minimum atomic E-state index is 0.547. The summed E-state index contributed by atoms with van der Waals surface area (Å²) in [6, 6.07) is 7.26. The Balaban J connectivity index is 2.48. The molecule has 1 rings (SSSR count). The van der Waals surface area contributed by atoms with Crippen LogP contribution < -0.4 is 5.32 Å². The molecular formula is C16H27NO. The molecule has 102 valence electrons. The lowest BCUT2D eigenvalue weighted by Crippen LogP contribution is -2.28. The summed E-state index contributed by atoms with van der Waals surface area (Å²) < 4.78 is 5.39. The molecule has 0 aromatic heterocycles. The predicted molar refractivity (Wildman–Crippen MR) is 78.2 cm³/mol. The molecule has 0 heterocycles. The molecule has 1 N–H and O–H groups in total. The highest BCUT2D eigenvalue weighted by Gasteiger charge is 2.09. The van der Waals surface area contributed by atoms with Crippen molar-refractivity contribution in [1.29, 1.82) is 0 Å². The van der Waals surface area contributed by atoms with Crippen LogP contribution in [0.15, 0.2) is 18.2 Å². The van der Waals surface area contributed by atoms with E-state index in [1.165, 1.54) is 23.1 Å². The average Bonchev–Trinajstić information content (AvgIpc) is 2.37. The average molecular weight is 249 g/mol. The number of benzene rings is 1. The van der Waals surface area contributed by atoms with Crippen LogP contribution in [0, 0.1) is 13.8 Å². The smallest absolute Gasteiger partial charge is 0.0466 e. The van der Waals surface area contributed by atoms with Gasteiger partial charge in [-0.1, -0.05) is 23.8 Å². The van der Waals surface area contributed by atoms with Gasteiger partial charge in [-0.15, -0.1) is 0 Å². The summed E-state index contributed by atoms with van der Waals surface area (Å²) in [6.45, 7) is 8.10. The second-order valence-electron chi connectivity index (χ2n) is 4.96. The molecule has 1 aromatic rings. The van der Waals surface area contributed by atoms with Crippen molar-refractivity contribution in [1.82, 2.24) is 5.32 Å². The Bertz CT molecular complexity index is 349. The molecule has 1 atom stereocenters. The summed E-state index contributed by atoms with van der Waals surface area (Å²) in [6.07, 6.45) is 3.41. The van der Waals surface area contributed by atoms with Crippen LogP contribution in [0.1, 0.15) is 36.5 Å². The molecule has 0 amide bonds. The second-order valence-corrected chi connectivity index (χ2v) is 4.96. The van der Waals surface area contributed by atoms with Crippen molar-refractivity contribution in [2.24, 2.45) is 0 Å². The molecule has 0 aliphatic carbocycles. The molecule has 0 saturated heterocycles. The minimum Gasteiger partial charge on any atom is -0.382 e. The van der Waals surface area contributed by atoms with Crippen LogP contribution in [0.3, 0.4) is 0 Å². The Kier molecular flexibility index (Phi) is 6.99. The standard InChI is InChI=1S/C16H27NO/c1-5-18-10-6-7-16(17-4)12-15-11-13(2)8-9-14(15)3/h8-9,11,16-17H,5-7,10,12H2,1-4H3. The third-order valence-electron chi connectivity index (χ3n) is 3.42. The monoisotopic (exact) mass is 249 g/mol. The molecule has 1 unspecified atom stereocenters. The first-order valence-electron chi connectivity index (χ1n) is 6.98. The molecule has 0 bridgehead atoms. The number of ether oxygens (including phenoxy) is 1. The molecule has 2 heteroatoms. The molecule has 0 saturated carbocycles. The highest BCUT2D eigenvalue weighted by atomic mass is 16.5. The van der Waals surface area contributed by atoms with Crippen LogP contribution in [0.5, 0.6) is 0 Å². The first-order chi connectivity index (χ1) is 8.67. The van der Waals surface area contributed by atoms with Crippen molar-refractivity contribution >= 4 is 0 Å². The number of nitrogens with one attached hydrogen (secondary N) is 1. The summed E-state index contributed by atoms with van der Waals surface area (Å²) in [5.41, 5.74) is 4.20. The van der Waals surface area contributed by atoms with E-state index in [2.05, 4.69) is 44.4 Å². The normalized spacial score (nSPS) is 12.7. The summed E-state index contributed by atoms with van der Waals surface area (Å²) in [5.74, 6) is 0. The highest BCUT2D eigenvalue weighted by Crippen LogP contribution is 2.14. The van der Waals surface area contributed by atoms with Crippen LogP contribution in [0.4, 0.5) is 0 Å². The van der Waals surface area contributed by atoms with Gasteiger partial charge in [0.05, 0.1) is 0 Å². The summed E-state index contributed by atoms with van der Waals surface area (Å²) in [7, 11) is 2.05. The van der Waals surface area contributed by atoms with E-state index in [0.717, 1.165) is 26.1 Å². The molecule has 18 heavy (non-hydrogen) atoms. The van der Waals surface area contributed by atoms with Gasteiger partial charge in [-0.05, 0) is 58.2 Å². The lowest BCUT2D eigenvalue weighted by molar-refractivity contribution is 0.141. The third-order valence-corrected chi connectivity index (χ3v) is 3.42. The Morgan fingerprint density at radius 2 is 2.06 bits per heavy atom. The first kappa shape index (κ1) is 15.2. The number of rotatable bonds is 8. The van der Waals surface area contributed by atoms with Crippen molar-refractivity contribution in [3.8, 4) is 0 Å². The Morgan fingerprint density at radius 1 is 1.28 bits per heavy atom. The molecular weight excluding hydrogens is 222 g/mol. The van der Waals surface area contributed by atoms with E-state index in [9.17, 15) is 0 Å². The van der Waals surface area contributed by atoms with Crippen molar-refractivity contribution in [3.63, 3.8) is 0 Å². The molecule has 1 aromatic carbocycles. The Labute approximate surface area is 112 Å². The Morgan fingerprint density at radius 3 is 2.72 bits per heavy atom. The summed E-state index contributed by atoms with van der Waals surface area (Å²) in [4.78, 5) is 0. The minimum absolute atomic E-state index is 0.547. The predicted octanol–water partition coefficient (Wildman–Crippen LogP) is 3.25. The van der Waals surface area contributed by atoms with E-state index < -0.39 is 0 Å². The van der Waals surface area contributed by atoms with Gasteiger partial charge in [0.25, 0.3) is 0 Å². The van der Waals surface area contributed by atoms with E-state index in [1.54, 1.807) is 0 Å². The van der Waals surface area contributed by atoms with Gasteiger partial charge < -0.3 is 10.1 Å². The molecule has 0 spiro atoms. The number of likely N-dealkylation sites (N-methyl/N-ethyl adjacent to an activating group) is 1. The van der Waals surface area contributed by atoms with Crippen LogP contribution in [0.2, 0.25) is 0 Å². The van der Waals surface area contributed by atoms with E-state index in [1.807, 2.05) is 6.92 Å². The van der Waals surface area contributed by atoms with Crippen LogP contribution in [0.25, 0.3) is 0 Å². The quantitative estimate of drug-likeness (QED) is 0.714. The van der Waals surface area contributed by atoms with Crippen molar-refractivity contribution < 1.29 is 4.74 Å². The van der Waals surface area contributed by atoms with Crippen molar-refractivity contribution in [3.05, 3.63) is 34.9 Å². The lowest BCUT2D eigenvalue weighted by atomic mass is 9.97. The van der Waals surface area contributed by atoms with Crippen LogP contribution in [-0.4, -0.2) is 26.3 Å². The maximum atomic E-state index is 5.39. The lowest BCUT2D eigenvalue weighted by Gasteiger charge is -2.18. The second kappa shape index (κ2) is 8.28. The molecule has 0 fully saturated rings.